The highest BCUT2D eigenvalue weighted by molar-refractivity contribution is 7.93. The van der Waals surface area contributed by atoms with E-state index in [1.165, 1.54) is 18.7 Å². The Bertz CT molecular complexity index is 730. The Morgan fingerprint density at radius 1 is 1.24 bits per heavy atom. The summed E-state index contributed by atoms with van der Waals surface area (Å²) in [6, 6.07) is 0. The first kappa shape index (κ1) is 18.8. The first-order chi connectivity index (χ1) is 9.14. The van der Waals surface area contributed by atoms with Crippen LogP contribution in [0.2, 0.25) is 18.1 Å². The third kappa shape index (κ3) is 5.13. The topological polar surface area (TPSA) is 88.5 Å². The predicted octanol–water partition coefficient (Wildman–Crippen LogP) is 2.79. The molecule has 0 bridgehead atoms. The fraction of sp³-hybridized carbons (Fsp3) is 0.727. The highest BCUT2D eigenvalue weighted by atomic mass is 32.2. The van der Waals surface area contributed by atoms with Crippen LogP contribution in [0.25, 0.3) is 0 Å². The molecule has 0 aromatic carbocycles. The van der Waals surface area contributed by atoms with Crippen molar-refractivity contribution in [3.63, 3.8) is 0 Å². The van der Waals surface area contributed by atoms with Crippen LogP contribution in [0.4, 0.5) is 5.00 Å². The molecule has 1 rings (SSSR count). The smallest absolute Gasteiger partial charge is 0.250 e. The Balaban J connectivity index is 3.14. The first-order valence-corrected chi connectivity index (χ1v) is 13.9. The molecule has 0 radical (unpaired) electrons. The summed E-state index contributed by atoms with van der Waals surface area (Å²) < 4.78 is 43.2. The van der Waals surface area contributed by atoms with E-state index >= 15 is 0 Å². The van der Waals surface area contributed by atoms with E-state index in [1.54, 1.807) is 0 Å². The average molecular weight is 370 g/mol. The van der Waals surface area contributed by atoms with Crippen molar-refractivity contribution in [2.45, 2.75) is 43.2 Å². The number of hydrogen-bond acceptors (Lipinski definition) is 6. The molecule has 6 nitrogen and oxygen atoms in total. The minimum atomic E-state index is -3.67. The molecule has 21 heavy (non-hydrogen) atoms. The highest BCUT2D eigenvalue weighted by Gasteiger charge is 2.40. The maximum atomic E-state index is 12.4. The molecule has 0 aliphatic rings. The molecule has 10 heteroatoms. The molecule has 0 aliphatic heterocycles. The monoisotopic (exact) mass is 369 g/mol. The normalized spacial score (nSPS) is 14.2. The molecule has 0 fully saturated rings. The minimum absolute atomic E-state index is 0.0327. The van der Waals surface area contributed by atoms with Crippen molar-refractivity contribution < 1.29 is 12.6 Å². The molecular formula is C11H23N3O3S3Si. The van der Waals surface area contributed by atoms with Crippen LogP contribution < -0.4 is 4.39 Å². The van der Waals surface area contributed by atoms with E-state index in [1.807, 2.05) is 33.9 Å². The van der Waals surface area contributed by atoms with E-state index in [0.717, 1.165) is 11.3 Å². The summed E-state index contributed by atoms with van der Waals surface area (Å²) in [6.07, 6.45) is 4.33. The largest absolute Gasteiger partial charge is 0.262 e. The molecule has 0 saturated carbocycles. The third-order valence-electron chi connectivity index (χ3n) is 3.28. The number of nitrogens with zero attached hydrogens (tertiary/aromatic N) is 2. The van der Waals surface area contributed by atoms with E-state index in [9.17, 15) is 12.6 Å². The van der Waals surface area contributed by atoms with Gasteiger partial charge < -0.3 is 0 Å². The van der Waals surface area contributed by atoms with Crippen molar-refractivity contribution in [1.29, 1.82) is 0 Å². The standard InChI is InChI=1S/C11H23N3O3S3Si/c1-11(2,3)21(6,7)14-20(16,17)10-12-8-9(18-10)13-19(4,5)15/h8,14H,1-7H3. The molecule has 0 amide bonds. The van der Waals surface area contributed by atoms with Gasteiger partial charge in [0.25, 0.3) is 10.0 Å². The van der Waals surface area contributed by atoms with Gasteiger partial charge in [-0.05, 0) is 5.04 Å². The lowest BCUT2D eigenvalue weighted by atomic mass is 10.2. The quantitative estimate of drug-likeness (QED) is 0.827. The summed E-state index contributed by atoms with van der Waals surface area (Å²) in [4.78, 5) is 3.91. The molecule has 122 valence electrons. The summed E-state index contributed by atoms with van der Waals surface area (Å²) in [6.45, 7) is 10.00. The van der Waals surface area contributed by atoms with Gasteiger partial charge in [-0.3, -0.25) is 0 Å². The van der Waals surface area contributed by atoms with Gasteiger partial charge in [0, 0.05) is 22.2 Å². The van der Waals surface area contributed by atoms with Crippen molar-refractivity contribution in [2.24, 2.45) is 4.36 Å². The second-order valence-electron chi connectivity index (χ2n) is 6.72. The number of aromatic nitrogens is 1. The molecule has 0 saturated heterocycles. The highest BCUT2D eigenvalue weighted by Crippen LogP contribution is 2.35. The van der Waals surface area contributed by atoms with Crippen LogP contribution in [0, 0.1) is 0 Å². The predicted molar refractivity (Wildman–Crippen MR) is 91.7 cm³/mol. The molecule has 1 aromatic heterocycles. The fourth-order valence-corrected chi connectivity index (χ4v) is 8.25. The summed E-state index contributed by atoms with van der Waals surface area (Å²) in [7, 11) is -8.22. The van der Waals surface area contributed by atoms with E-state index in [2.05, 4.69) is 13.7 Å². The van der Waals surface area contributed by atoms with Gasteiger partial charge in [-0.25, -0.2) is 22.0 Å². The first-order valence-electron chi connectivity index (χ1n) is 6.31. The van der Waals surface area contributed by atoms with Crippen LogP contribution >= 0.6 is 11.3 Å². The average Bonchev–Trinajstić information content (AvgIpc) is 2.60. The minimum Gasteiger partial charge on any atom is -0.250 e. The van der Waals surface area contributed by atoms with Crippen LogP contribution in [0.1, 0.15) is 20.8 Å². The Labute approximate surface area is 132 Å². The number of thiazole rings is 1. The third-order valence-corrected chi connectivity index (χ3v) is 13.1. The van der Waals surface area contributed by atoms with Gasteiger partial charge in [0.05, 0.1) is 6.20 Å². The molecular weight excluding hydrogens is 346 g/mol. The van der Waals surface area contributed by atoms with Gasteiger partial charge in [0.15, 0.2) is 0 Å². The van der Waals surface area contributed by atoms with Gasteiger partial charge in [-0.2, -0.15) is 4.36 Å². The van der Waals surface area contributed by atoms with E-state index < -0.39 is 28.0 Å². The zero-order valence-corrected chi connectivity index (χ0v) is 16.9. The summed E-state index contributed by atoms with van der Waals surface area (Å²) in [5.41, 5.74) is 0. The number of rotatable bonds is 4. The lowest BCUT2D eigenvalue weighted by Crippen LogP contribution is -2.54. The van der Waals surface area contributed by atoms with Crippen molar-refractivity contribution in [2.75, 3.05) is 12.5 Å². The van der Waals surface area contributed by atoms with Crippen LogP contribution in [0.15, 0.2) is 14.9 Å². The molecule has 0 aliphatic carbocycles. The SMILES string of the molecule is CC(C)(C)[Si](C)(C)NS(=O)(=O)c1ncc(N=S(C)(C)=O)s1. The van der Waals surface area contributed by atoms with Crippen LogP contribution in [-0.4, -0.2) is 38.4 Å². The van der Waals surface area contributed by atoms with Gasteiger partial charge >= 0.3 is 0 Å². The van der Waals surface area contributed by atoms with Crippen molar-refractivity contribution in [1.82, 2.24) is 9.37 Å². The zero-order valence-electron chi connectivity index (χ0n) is 13.4. The van der Waals surface area contributed by atoms with Gasteiger partial charge in [0.2, 0.25) is 4.34 Å². The van der Waals surface area contributed by atoms with Crippen LogP contribution in [-0.2, 0) is 19.8 Å². The Morgan fingerprint density at radius 3 is 2.19 bits per heavy atom. The Kier molecular flexibility index (Phi) is 5.11. The lowest BCUT2D eigenvalue weighted by molar-refractivity contribution is 0.588. The summed E-state index contributed by atoms with van der Waals surface area (Å²) >= 11 is 0.933. The summed E-state index contributed by atoms with van der Waals surface area (Å²) in [5, 5.41) is 0.242. The second kappa shape index (κ2) is 5.73. The lowest BCUT2D eigenvalue weighted by Gasteiger charge is -2.36. The van der Waals surface area contributed by atoms with Crippen molar-refractivity contribution >= 4 is 44.3 Å². The number of nitrogens with one attached hydrogen (secondary N) is 1. The van der Waals surface area contributed by atoms with E-state index in [4.69, 9.17) is 0 Å². The fourth-order valence-electron chi connectivity index (χ4n) is 1.17. The van der Waals surface area contributed by atoms with Gasteiger partial charge in [-0.1, -0.05) is 45.2 Å². The molecule has 1 N–H and O–H groups in total. The Hall–Kier alpha value is -0.293. The maximum Gasteiger partial charge on any atom is 0.262 e. The second-order valence-corrected chi connectivity index (χ2v) is 17.5. The molecule has 0 spiro atoms. The number of hydrogen-bond donors (Lipinski definition) is 1. The number of sulfonamides is 1. The maximum absolute atomic E-state index is 12.4. The molecule has 0 atom stereocenters. The van der Waals surface area contributed by atoms with Gasteiger partial charge in [-0.15, -0.1) is 0 Å². The van der Waals surface area contributed by atoms with Crippen LogP contribution in [0.3, 0.4) is 0 Å². The molecule has 1 aromatic rings. The van der Waals surface area contributed by atoms with E-state index in [-0.39, 0.29) is 9.38 Å². The summed E-state index contributed by atoms with van der Waals surface area (Å²) in [5.74, 6) is 0. The zero-order chi connectivity index (χ0) is 16.7. The Morgan fingerprint density at radius 2 is 1.76 bits per heavy atom. The van der Waals surface area contributed by atoms with Crippen molar-refractivity contribution in [3.05, 3.63) is 6.20 Å². The van der Waals surface area contributed by atoms with Crippen molar-refractivity contribution in [3.8, 4) is 0 Å². The van der Waals surface area contributed by atoms with E-state index in [0.29, 0.717) is 5.00 Å². The molecule has 0 unspecified atom stereocenters. The molecule has 1 heterocycles. The van der Waals surface area contributed by atoms with Gasteiger partial charge in [0.1, 0.15) is 13.2 Å². The van der Waals surface area contributed by atoms with Crippen LogP contribution in [0.5, 0.6) is 0 Å².